The number of para-hydroxylation sites is 1. The SMILES string of the molecule is CCC(C(=O)N1CCc2ccccc21)N(c1ccc(C)cc1)S(C)(=O)=O. The maximum absolute atomic E-state index is 13.3. The number of anilines is 2. The van der Waals surface area contributed by atoms with E-state index < -0.39 is 16.1 Å². The van der Waals surface area contributed by atoms with Crippen LogP contribution in [0.4, 0.5) is 11.4 Å². The van der Waals surface area contributed by atoms with Gasteiger partial charge in [-0.25, -0.2) is 8.42 Å². The number of rotatable bonds is 5. The molecule has 138 valence electrons. The first kappa shape index (κ1) is 18.5. The number of aryl methyl sites for hydroxylation is 1. The Balaban J connectivity index is 1.99. The van der Waals surface area contributed by atoms with Gasteiger partial charge in [0.25, 0.3) is 5.91 Å². The molecule has 1 heterocycles. The Morgan fingerprint density at radius 3 is 2.42 bits per heavy atom. The summed E-state index contributed by atoms with van der Waals surface area (Å²) in [6.45, 7) is 4.37. The first-order chi connectivity index (χ1) is 12.3. The number of benzene rings is 2. The molecule has 1 aliphatic heterocycles. The van der Waals surface area contributed by atoms with Crippen LogP contribution in [0.1, 0.15) is 24.5 Å². The van der Waals surface area contributed by atoms with E-state index >= 15 is 0 Å². The lowest BCUT2D eigenvalue weighted by atomic mass is 10.1. The predicted molar refractivity (Wildman–Crippen MR) is 105 cm³/mol. The summed E-state index contributed by atoms with van der Waals surface area (Å²) in [5, 5.41) is 0. The Hall–Kier alpha value is -2.34. The van der Waals surface area contributed by atoms with Gasteiger partial charge in [0.15, 0.2) is 0 Å². The molecule has 0 bridgehead atoms. The van der Waals surface area contributed by atoms with E-state index in [2.05, 4.69) is 0 Å². The third-order valence-electron chi connectivity index (χ3n) is 4.75. The fourth-order valence-corrected chi connectivity index (χ4v) is 4.69. The van der Waals surface area contributed by atoms with Crippen LogP contribution in [0.3, 0.4) is 0 Å². The van der Waals surface area contributed by atoms with Crippen LogP contribution < -0.4 is 9.21 Å². The fourth-order valence-electron chi connectivity index (χ4n) is 3.48. The van der Waals surface area contributed by atoms with Gasteiger partial charge < -0.3 is 4.90 Å². The molecular formula is C20H24N2O3S. The quantitative estimate of drug-likeness (QED) is 0.810. The minimum absolute atomic E-state index is 0.177. The molecule has 3 rings (SSSR count). The lowest BCUT2D eigenvalue weighted by molar-refractivity contribution is -0.119. The highest BCUT2D eigenvalue weighted by Crippen LogP contribution is 2.31. The van der Waals surface area contributed by atoms with Crippen LogP contribution in [-0.2, 0) is 21.2 Å². The molecule has 1 aliphatic rings. The summed E-state index contributed by atoms with van der Waals surface area (Å²) in [6.07, 6.45) is 2.35. The first-order valence-electron chi connectivity index (χ1n) is 8.78. The number of hydrogen-bond acceptors (Lipinski definition) is 3. The minimum atomic E-state index is -3.61. The second kappa shape index (κ2) is 7.11. The smallest absolute Gasteiger partial charge is 0.250 e. The van der Waals surface area contributed by atoms with Gasteiger partial charge in [0.05, 0.1) is 11.9 Å². The molecule has 0 radical (unpaired) electrons. The van der Waals surface area contributed by atoms with E-state index in [1.807, 2.05) is 50.2 Å². The molecule has 26 heavy (non-hydrogen) atoms. The summed E-state index contributed by atoms with van der Waals surface area (Å²) >= 11 is 0. The molecule has 1 unspecified atom stereocenters. The third kappa shape index (κ3) is 3.46. The highest BCUT2D eigenvalue weighted by atomic mass is 32.2. The maximum Gasteiger partial charge on any atom is 0.250 e. The van der Waals surface area contributed by atoms with Crippen molar-refractivity contribution in [2.75, 3.05) is 22.0 Å². The molecule has 6 heteroatoms. The van der Waals surface area contributed by atoms with E-state index in [9.17, 15) is 13.2 Å². The molecular weight excluding hydrogens is 348 g/mol. The second-order valence-electron chi connectivity index (χ2n) is 6.69. The van der Waals surface area contributed by atoms with Gasteiger partial charge in [-0.2, -0.15) is 0 Å². The fraction of sp³-hybridized carbons (Fsp3) is 0.350. The van der Waals surface area contributed by atoms with Crippen molar-refractivity contribution in [2.24, 2.45) is 0 Å². The van der Waals surface area contributed by atoms with E-state index in [0.717, 1.165) is 29.5 Å². The van der Waals surface area contributed by atoms with Crippen molar-refractivity contribution in [1.29, 1.82) is 0 Å². The molecule has 5 nitrogen and oxygen atoms in total. The van der Waals surface area contributed by atoms with E-state index in [0.29, 0.717) is 18.7 Å². The zero-order valence-electron chi connectivity index (χ0n) is 15.3. The Bertz CT molecular complexity index is 907. The van der Waals surface area contributed by atoms with E-state index in [1.54, 1.807) is 17.0 Å². The number of carbonyl (C=O) groups excluding carboxylic acids is 1. The van der Waals surface area contributed by atoms with E-state index in [-0.39, 0.29) is 5.91 Å². The van der Waals surface area contributed by atoms with E-state index in [1.165, 1.54) is 4.31 Å². The summed E-state index contributed by atoms with van der Waals surface area (Å²) in [6, 6.07) is 14.2. The van der Waals surface area contributed by atoms with Gasteiger partial charge in [-0.3, -0.25) is 9.10 Å². The molecule has 0 saturated carbocycles. The number of hydrogen-bond donors (Lipinski definition) is 0. The summed E-state index contributed by atoms with van der Waals surface area (Å²) in [4.78, 5) is 15.0. The van der Waals surface area contributed by atoms with Gasteiger partial charge in [0.2, 0.25) is 10.0 Å². The summed E-state index contributed by atoms with van der Waals surface area (Å²) in [5.74, 6) is -0.177. The largest absolute Gasteiger partial charge is 0.310 e. The van der Waals surface area contributed by atoms with Crippen LogP contribution in [0.2, 0.25) is 0 Å². The third-order valence-corrected chi connectivity index (χ3v) is 5.93. The first-order valence-corrected chi connectivity index (χ1v) is 10.6. The molecule has 2 aromatic rings. The van der Waals surface area contributed by atoms with Crippen molar-refractivity contribution in [3.05, 3.63) is 59.7 Å². The predicted octanol–water partition coefficient (Wildman–Crippen LogP) is 3.13. The number of nitrogens with zero attached hydrogens (tertiary/aromatic N) is 2. The van der Waals surface area contributed by atoms with E-state index in [4.69, 9.17) is 0 Å². The number of amides is 1. The molecule has 2 aromatic carbocycles. The van der Waals surface area contributed by atoms with Crippen molar-refractivity contribution >= 4 is 27.3 Å². The molecule has 1 atom stereocenters. The normalized spacial score (nSPS) is 14.8. The number of fused-ring (bicyclic) bond motifs is 1. The van der Waals surface area contributed by atoms with Gasteiger partial charge in [-0.15, -0.1) is 0 Å². The van der Waals surface area contributed by atoms with Crippen LogP contribution in [0, 0.1) is 6.92 Å². The lowest BCUT2D eigenvalue weighted by Crippen LogP contribution is -2.50. The number of sulfonamides is 1. The topological polar surface area (TPSA) is 57.7 Å². The van der Waals surface area contributed by atoms with Crippen LogP contribution >= 0.6 is 0 Å². The Morgan fingerprint density at radius 2 is 1.81 bits per heavy atom. The highest BCUT2D eigenvalue weighted by molar-refractivity contribution is 7.92. The molecule has 0 N–H and O–H groups in total. The van der Waals surface area contributed by atoms with Crippen LogP contribution in [0.5, 0.6) is 0 Å². The minimum Gasteiger partial charge on any atom is -0.310 e. The second-order valence-corrected chi connectivity index (χ2v) is 8.55. The van der Waals surface area contributed by atoms with Crippen LogP contribution in [0.25, 0.3) is 0 Å². The van der Waals surface area contributed by atoms with Crippen molar-refractivity contribution in [1.82, 2.24) is 0 Å². The Kier molecular flexibility index (Phi) is 5.05. The Morgan fingerprint density at radius 1 is 1.15 bits per heavy atom. The molecule has 0 saturated heterocycles. The highest BCUT2D eigenvalue weighted by Gasteiger charge is 2.36. The van der Waals surface area contributed by atoms with Crippen LogP contribution in [-0.4, -0.2) is 33.2 Å². The van der Waals surface area contributed by atoms with Crippen LogP contribution in [0.15, 0.2) is 48.5 Å². The number of carbonyl (C=O) groups is 1. The lowest BCUT2D eigenvalue weighted by Gasteiger charge is -2.33. The van der Waals surface area contributed by atoms with Gasteiger partial charge in [0.1, 0.15) is 6.04 Å². The summed E-state index contributed by atoms with van der Waals surface area (Å²) in [5.41, 5.74) is 3.56. The molecule has 1 amide bonds. The Labute approximate surface area is 155 Å². The summed E-state index contributed by atoms with van der Waals surface area (Å²) < 4.78 is 26.3. The van der Waals surface area contributed by atoms with Gasteiger partial charge in [-0.05, 0) is 43.5 Å². The van der Waals surface area contributed by atoms with Gasteiger partial charge >= 0.3 is 0 Å². The van der Waals surface area contributed by atoms with Crippen molar-refractivity contribution < 1.29 is 13.2 Å². The van der Waals surface area contributed by atoms with Crippen molar-refractivity contribution in [2.45, 2.75) is 32.7 Å². The average molecular weight is 372 g/mol. The van der Waals surface area contributed by atoms with Crippen molar-refractivity contribution in [3.63, 3.8) is 0 Å². The monoisotopic (exact) mass is 372 g/mol. The standard InChI is InChI=1S/C20H24N2O3S/c1-4-18(20(23)21-14-13-16-7-5-6-8-19(16)21)22(26(3,24)25)17-11-9-15(2)10-12-17/h5-12,18H,4,13-14H2,1-3H3. The van der Waals surface area contributed by atoms with Crippen molar-refractivity contribution in [3.8, 4) is 0 Å². The van der Waals surface area contributed by atoms with Gasteiger partial charge in [0, 0.05) is 12.2 Å². The molecule has 0 fully saturated rings. The summed E-state index contributed by atoms with van der Waals surface area (Å²) in [7, 11) is -3.61. The van der Waals surface area contributed by atoms with Gasteiger partial charge in [-0.1, -0.05) is 42.8 Å². The zero-order chi connectivity index (χ0) is 18.9. The molecule has 0 aromatic heterocycles. The molecule has 0 spiro atoms. The zero-order valence-corrected chi connectivity index (χ0v) is 16.2. The molecule has 0 aliphatic carbocycles. The maximum atomic E-state index is 13.3. The average Bonchev–Trinajstić information content (AvgIpc) is 3.03.